The van der Waals surface area contributed by atoms with Gasteiger partial charge in [0, 0.05) is 12.6 Å². The zero-order valence-corrected chi connectivity index (χ0v) is 18.5. The summed E-state index contributed by atoms with van der Waals surface area (Å²) in [6.45, 7) is 1.41. The van der Waals surface area contributed by atoms with Crippen LogP contribution in [0.5, 0.6) is 0 Å². The average Bonchev–Trinajstić information content (AvgIpc) is 2.76. The molecule has 0 heterocycles. The van der Waals surface area contributed by atoms with Gasteiger partial charge in [0.1, 0.15) is 5.57 Å². The van der Waals surface area contributed by atoms with Gasteiger partial charge in [0.25, 0.3) is 11.8 Å². The first-order valence-electron chi connectivity index (χ1n) is 9.54. The van der Waals surface area contributed by atoms with Gasteiger partial charge in [0.2, 0.25) is 5.91 Å². The summed E-state index contributed by atoms with van der Waals surface area (Å²) >= 11 is 12.3. The second kappa shape index (κ2) is 10.6. The number of hydrogen-bond donors (Lipinski definition) is 3. The molecule has 0 aliphatic heterocycles. The molecule has 0 unspecified atom stereocenters. The molecule has 0 aliphatic carbocycles. The highest BCUT2D eigenvalue weighted by Gasteiger charge is 2.20. The van der Waals surface area contributed by atoms with Crippen LogP contribution in [0.4, 0.5) is 17.1 Å². The summed E-state index contributed by atoms with van der Waals surface area (Å²) in [7, 11) is 0. The number of amides is 3. The van der Waals surface area contributed by atoms with E-state index in [1.54, 1.807) is 72.8 Å². The number of anilines is 3. The van der Waals surface area contributed by atoms with E-state index in [4.69, 9.17) is 23.2 Å². The van der Waals surface area contributed by atoms with E-state index < -0.39 is 11.8 Å². The number of carbonyl (C=O) groups excluding carboxylic acids is 3. The smallest absolute Gasteiger partial charge is 0.261 e. The first-order chi connectivity index (χ1) is 15.3. The highest BCUT2D eigenvalue weighted by atomic mass is 35.5. The van der Waals surface area contributed by atoms with Gasteiger partial charge in [-0.25, -0.2) is 0 Å². The Balaban J connectivity index is 1.92. The van der Waals surface area contributed by atoms with Crippen molar-refractivity contribution in [1.29, 1.82) is 0 Å². The number of para-hydroxylation sites is 2. The lowest BCUT2D eigenvalue weighted by Gasteiger charge is -2.12. The Morgan fingerprint density at radius 1 is 0.688 bits per heavy atom. The molecule has 3 aromatic carbocycles. The average molecular weight is 468 g/mol. The largest absolute Gasteiger partial charge is 0.326 e. The highest BCUT2D eigenvalue weighted by molar-refractivity contribution is 6.36. The van der Waals surface area contributed by atoms with E-state index in [-0.39, 0.29) is 11.5 Å². The maximum Gasteiger partial charge on any atom is 0.261 e. The molecule has 3 rings (SSSR count). The monoisotopic (exact) mass is 467 g/mol. The van der Waals surface area contributed by atoms with Crippen molar-refractivity contribution in [1.82, 2.24) is 0 Å². The van der Waals surface area contributed by atoms with E-state index >= 15 is 0 Å². The topological polar surface area (TPSA) is 87.3 Å². The quantitative estimate of drug-likeness (QED) is 0.250. The van der Waals surface area contributed by atoms with Crippen LogP contribution in [0.3, 0.4) is 0 Å². The lowest BCUT2D eigenvalue weighted by molar-refractivity contribution is -0.118. The molecule has 0 saturated heterocycles. The highest BCUT2D eigenvalue weighted by Crippen LogP contribution is 2.24. The third-order valence-corrected chi connectivity index (χ3v) is 4.93. The van der Waals surface area contributed by atoms with E-state index in [2.05, 4.69) is 16.0 Å². The Morgan fingerprint density at radius 2 is 1.16 bits per heavy atom. The van der Waals surface area contributed by atoms with E-state index in [9.17, 15) is 14.4 Å². The van der Waals surface area contributed by atoms with E-state index in [0.29, 0.717) is 32.7 Å². The number of rotatable bonds is 6. The molecule has 0 atom stereocenters. The van der Waals surface area contributed by atoms with Crippen LogP contribution < -0.4 is 16.0 Å². The Morgan fingerprint density at radius 3 is 1.59 bits per heavy atom. The normalized spacial score (nSPS) is 10.1. The van der Waals surface area contributed by atoms with Crippen LogP contribution in [0.25, 0.3) is 6.08 Å². The molecule has 3 aromatic rings. The van der Waals surface area contributed by atoms with Gasteiger partial charge in [0.05, 0.1) is 21.4 Å². The van der Waals surface area contributed by atoms with Gasteiger partial charge >= 0.3 is 0 Å². The molecule has 0 aliphatic rings. The first-order valence-corrected chi connectivity index (χ1v) is 10.3. The second-order valence-electron chi connectivity index (χ2n) is 6.73. The fourth-order valence-corrected chi connectivity index (χ4v) is 3.14. The van der Waals surface area contributed by atoms with Crippen LogP contribution >= 0.6 is 23.2 Å². The molecular formula is C24H19Cl2N3O3. The molecule has 32 heavy (non-hydrogen) atoms. The molecule has 3 N–H and O–H groups in total. The molecular weight excluding hydrogens is 449 g/mol. The molecule has 8 heteroatoms. The predicted molar refractivity (Wildman–Crippen MR) is 129 cm³/mol. The third-order valence-electron chi connectivity index (χ3n) is 4.28. The van der Waals surface area contributed by atoms with E-state index in [1.165, 1.54) is 13.0 Å². The van der Waals surface area contributed by atoms with E-state index in [0.717, 1.165) is 0 Å². The van der Waals surface area contributed by atoms with Gasteiger partial charge in [-0.05, 0) is 48.0 Å². The van der Waals surface area contributed by atoms with Crippen LogP contribution in [0.1, 0.15) is 12.5 Å². The molecule has 162 valence electrons. The standard InChI is InChI=1S/C24H19Cl2N3O3/c1-15(30)27-17-12-10-16(11-13-17)14-18(23(31)28-21-8-4-2-6-19(21)25)24(32)29-22-9-5-3-7-20(22)26/h2-14H,1H3,(H,27,30)(H,28,31)(H,29,32). The molecule has 0 radical (unpaired) electrons. The summed E-state index contributed by atoms with van der Waals surface area (Å²) in [6, 6.07) is 20.1. The van der Waals surface area contributed by atoms with E-state index in [1.807, 2.05) is 0 Å². The molecule has 0 bridgehead atoms. The molecule has 0 aromatic heterocycles. The Kier molecular flexibility index (Phi) is 7.65. The van der Waals surface area contributed by atoms with Crippen molar-refractivity contribution in [3.63, 3.8) is 0 Å². The van der Waals surface area contributed by atoms with Gasteiger partial charge in [-0.1, -0.05) is 59.6 Å². The minimum atomic E-state index is -0.645. The van der Waals surface area contributed by atoms with Crippen molar-refractivity contribution in [2.24, 2.45) is 0 Å². The maximum absolute atomic E-state index is 13.0. The summed E-state index contributed by atoms with van der Waals surface area (Å²) in [6.07, 6.45) is 1.44. The summed E-state index contributed by atoms with van der Waals surface area (Å²) in [5.41, 5.74) is 1.76. The Labute approximate surface area is 195 Å². The second-order valence-corrected chi connectivity index (χ2v) is 7.54. The zero-order chi connectivity index (χ0) is 23.1. The van der Waals surface area contributed by atoms with Crippen molar-refractivity contribution < 1.29 is 14.4 Å². The maximum atomic E-state index is 13.0. The SMILES string of the molecule is CC(=O)Nc1ccc(C=C(C(=O)Nc2ccccc2Cl)C(=O)Nc2ccccc2Cl)cc1. The van der Waals surface area contributed by atoms with Gasteiger partial charge in [-0.2, -0.15) is 0 Å². The van der Waals surface area contributed by atoms with Crippen molar-refractivity contribution in [3.05, 3.63) is 94.0 Å². The number of halogens is 2. The predicted octanol–water partition coefficient (Wildman–Crippen LogP) is 5.61. The molecule has 0 saturated carbocycles. The van der Waals surface area contributed by atoms with Crippen molar-refractivity contribution in [3.8, 4) is 0 Å². The van der Waals surface area contributed by atoms with Crippen LogP contribution in [0.2, 0.25) is 10.0 Å². The number of nitrogens with one attached hydrogen (secondary N) is 3. The van der Waals surface area contributed by atoms with Crippen molar-refractivity contribution >= 4 is 64.1 Å². The molecule has 0 fully saturated rings. The summed E-state index contributed by atoms with van der Waals surface area (Å²) in [5.74, 6) is -1.49. The van der Waals surface area contributed by atoms with Gasteiger partial charge in [-0.15, -0.1) is 0 Å². The molecule has 0 spiro atoms. The minimum Gasteiger partial charge on any atom is -0.326 e. The summed E-state index contributed by atoms with van der Waals surface area (Å²) in [5, 5.41) is 8.66. The number of hydrogen-bond acceptors (Lipinski definition) is 3. The van der Waals surface area contributed by atoms with Crippen molar-refractivity contribution in [2.45, 2.75) is 6.92 Å². The van der Waals surface area contributed by atoms with Crippen LogP contribution in [0.15, 0.2) is 78.4 Å². The minimum absolute atomic E-state index is 0.155. The van der Waals surface area contributed by atoms with Crippen molar-refractivity contribution in [2.75, 3.05) is 16.0 Å². The van der Waals surface area contributed by atoms with Gasteiger partial charge < -0.3 is 16.0 Å². The number of carbonyl (C=O) groups is 3. The van der Waals surface area contributed by atoms with Crippen LogP contribution in [-0.4, -0.2) is 17.7 Å². The first kappa shape index (κ1) is 23.1. The molecule has 6 nitrogen and oxygen atoms in total. The van der Waals surface area contributed by atoms with Crippen LogP contribution in [-0.2, 0) is 14.4 Å². The fraction of sp³-hybridized carbons (Fsp3) is 0.0417. The van der Waals surface area contributed by atoms with Crippen LogP contribution in [0, 0.1) is 0 Å². The summed E-state index contributed by atoms with van der Waals surface area (Å²) < 4.78 is 0. The van der Waals surface area contributed by atoms with Gasteiger partial charge in [-0.3, -0.25) is 14.4 Å². The fourth-order valence-electron chi connectivity index (χ4n) is 2.77. The zero-order valence-electron chi connectivity index (χ0n) is 17.0. The van der Waals surface area contributed by atoms with Gasteiger partial charge in [0.15, 0.2) is 0 Å². The Hall–Kier alpha value is -3.61. The number of benzene rings is 3. The lowest BCUT2D eigenvalue weighted by Crippen LogP contribution is -2.25. The third kappa shape index (κ3) is 6.20. The Bertz CT molecular complexity index is 1130. The summed E-state index contributed by atoms with van der Waals surface area (Å²) in [4.78, 5) is 37.2. The lowest BCUT2D eigenvalue weighted by atomic mass is 10.1. The molecule has 3 amide bonds.